The number of ketones is 1. The summed E-state index contributed by atoms with van der Waals surface area (Å²) in [5.41, 5.74) is 1.14. The highest BCUT2D eigenvalue weighted by molar-refractivity contribution is 6.22. The van der Waals surface area contributed by atoms with Gasteiger partial charge in [-0.05, 0) is 16.8 Å². The number of fused-ring (bicyclic) bond motifs is 3. The molecule has 0 atom stereocenters. The van der Waals surface area contributed by atoms with Gasteiger partial charge in [0.2, 0.25) is 0 Å². The van der Waals surface area contributed by atoms with E-state index in [1.807, 2.05) is 49.4 Å². The molecule has 0 saturated carbocycles. The van der Waals surface area contributed by atoms with Crippen molar-refractivity contribution in [1.29, 1.82) is 0 Å². The molecule has 3 aromatic carbocycles. The van der Waals surface area contributed by atoms with Crippen LogP contribution in [0, 0.1) is 0 Å². The van der Waals surface area contributed by atoms with Crippen LogP contribution in [-0.4, -0.2) is 18.9 Å². The smallest absolute Gasteiger partial charge is 0.338 e. The second-order valence-corrected chi connectivity index (χ2v) is 5.14. The van der Waals surface area contributed by atoms with Crippen LogP contribution in [0.5, 0.6) is 0 Å². The summed E-state index contributed by atoms with van der Waals surface area (Å²) in [6, 6.07) is 15.1. The van der Waals surface area contributed by atoms with Crippen LogP contribution in [0.25, 0.3) is 21.5 Å². The molecule has 0 unspecified atom stereocenters. The van der Waals surface area contributed by atoms with E-state index in [9.17, 15) is 9.59 Å². The monoisotopic (exact) mass is 292 g/mol. The first-order valence-electron chi connectivity index (χ1n) is 7.23. The van der Waals surface area contributed by atoms with Gasteiger partial charge < -0.3 is 4.74 Å². The van der Waals surface area contributed by atoms with Gasteiger partial charge in [-0.15, -0.1) is 0 Å². The minimum atomic E-state index is -0.392. The SMILES string of the molecule is CCC(=O)c1cccc2ccc3cccc(C(=O)OC)c3c12. The van der Waals surface area contributed by atoms with E-state index >= 15 is 0 Å². The molecule has 0 aliphatic heterocycles. The lowest BCUT2D eigenvalue weighted by Crippen LogP contribution is -2.04. The molecule has 0 radical (unpaired) electrons. The van der Waals surface area contributed by atoms with E-state index in [-0.39, 0.29) is 5.78 Å². The molecule has 3 rings (SSSR count). The lowest BCUT2D eigenvalue weighted by Gasteiger charge is -2.11. The van der Waals surface area contributed by atoms with Crippen LogP contribution in [0.3, 0.4) is 0 Å². The molecule has 0 saturated heterocycles. The summed E-state index contributed by atoms with van der Waals surface area (Å²) in [6.07, 6.45) is 0.426. The highest BCUT2D eigenvalue weighted by Gasteiger charge is 2.16. The number of hydrogen-bond donors (Lipinski definition) is 0. The van der Waals surface area contributed by atoms with Crippen LogP contribution < -0.4 is 0 Å². The largest absolute Gasteiger partial charge is 0.465 e. The van der Waals surface area contributed by atoms with E-state index in [2.05, 4.69) is 0 Å². The number of esters is 1. The molecule has 0 bridgehead atoms. The highest BCUT2D eigenvalue weighted by Crippen LogP contribution is 2.32. The quantitative estimate of drug-likeness (QED) is 0.409. The number of Topliss-reactive ketones (excluding diaryl/α,β-unsaturated/α-hetero) is 1. The van der Waals surface area contributed by atoms with Crippen molar-refractivity contribution < 1.29 is 14.3 Å². The van der Waals surface area contributed by atoms with Crippen molar-refractivity contribution in [3.63, 3.8) is 0 Å². The summed E-state index contributed by atoms with van der Waals surface area (Å²) in [7, 11) is 1.37. The van der Waals surface area contributed by atoms with E-state index in [0.29, 0.717) is 17.5 Å². The summed E-state index contributed by atoms with van der Waals surface area (Å²) in [5, 5.41) is 3.48. The maximum atomic E-state index is 12.3. The zero-order valence-corrected chi connectivity index (χ0v) is 12.6. The summed E-state index contributed by atoms with van der Waals surface area (Å²) >= 11 is 0. The highest BCUT2D eigenvalue weighted by atomic mass is 16.5. The molecule has 3 aromatic rings. The second-order valence-electron chi connectivity index (χ2n) is 5.14. The maximum absolute atomic E-state index is 12.3. The van der Waals surface area contributed by atoms with Crippen molar-refractivity contribution in [2.45, 2.75) is 13.3 Å². The average molecular weight is 292 g/mol. The van der Waals surface area contributed by atoms with Gasteiger partial charge in [0.15, 0.2) is 5.78 Å². The van der Waals surface area contributed by atoms with Gasteiger partial charge in [0.05, 0.1) is 12.7 Å². The van der Waals surface area contributed by atoms with Crippen LogP contribution >= 0.6 is 0 Å². The Morgan fingerprint density at radius 1 is 0.864 bits per heavy atom. The fourth-order valence-corrected chi connectivity index (χ4v) is 2.86. The van der Waals surface area contributed by atoms with Crippen LogP contribution in [0.1, 0.15) is 34.1 Å². The number of rotatable bonds is 3. The molecule has 0 amide bonds. The summed E-state index contributed by atoms with van der Waals surface area (Å²) in [5.74, 6) is -0.324. The Hall–Kier alpha value is -2.68. The number of ether oxygens (including phenoxy) is 1. The first kappa shape index (κ1) is 14.3. The maximum Gasteiger partial charge on any atom is 0.338 e. The molecule has 0 aliphatic carbocycles. The predicted octanol–water partition coefficient (Wildman–Crippen LogP) is 4.37. The van der Waals surface area contributed by atoms with Crippen molar-refractivity contribution in [2.24, 2.45) is 0 Å². The fourth-order valence-electron chi connectivity index (χ4n) is 2.86. The van der Waals surface area contributed by atoms with Gasteiger partial charge in [-0.2, -0.15) is 0 Å². The zero-order chi connectivity index (χ0) is 15.7. The van der Waals surface area contributed by atoms with E-state index in [4.69, 9.17) is 4.74 Å². The van der Waals surface area contributed by atoms with Crippen LogP contribution in [0.15, 0.2) is 48.5 Å². The predicted molar refractivity (Wildman–Crippen MR) is 87.4 cm³/mol. The first-order chi connectivity index (χ1) is 10.7. The van der Waals surface area contributed by atoms with E-state index < -0.39 is 5.97 Å². The number of carbonyl (C=O) groups is 2. The molecule has 0 heterocycles. The molecule has 3 heteroatoms. The summed E-state index contributed by atoms with van der Waals surface area (Å²) in [6.45, 7) is 1.84. The van der Waals surface area contributed by atoms with Crippen molar-refractivity contribution in [2.75, 3.05) is 7.11 Å². The van der Waals surface area contributed by atoms with Crippen molar-refractivity contribution in [1.82, 2.24) is 0 Å². The number of methoxy groups -OCH3 is 1. The van der Waals surface area contributed by atoms with Crippen LogP contribution in [0.2, 0.25) is 0 Å². The summed E-state index contributed by atoms with van der Waals surface area (Å²) in [4.78, 5) is 24.4. The van der Waals surface area contributed by atoms with Gasteiger partial charge in [-0.3, -0.25) is 4.79 Å². The Bertz CT molecular complexity index is 819. The molecule has 0 spiro atoms. The molecule has 0 N–H and O–H groups in total. The number of carbonyl (C=O) groups excluding carboxylic acids is 2. The Kier molecular flexibility index (Phi) is 3.63. The van der Waals surface area contributed by atoms with Crippen molar-refractivity contribution in [3.8, 4) is 0 Å². The molecule has 3 nitrogen and oxygen atoms in total. The van der Waals surface area contributed by atoms with Crippen LogP contribution in [-0.2, 0) is 4.74 Å². The molecule has 0 aliphatic rings. The van der Waals surface area contributed by atoms with Gasteiger partial charge in [0, 0.05) is 22.8 Å². The Morgan fingerprint density at radius 2 is 1.41 bits per heavy atom. The van der Waals surface area contributed by atoms with E-state index in [1.165, 1.54) is 7.11 Å². The number of benzene rings is 3. The van der Waals surface area contributed by atoms with Gasteiger partial charge in [-0.1, -0.05) is 49.4 Å². The van der Waals surface area contributed by atoms with Gasteiger partial charge >= 0.3 is 5.97 Å². The number of hydrogen-bond acceptors (Lipinski definition) is 3. The third kappa shape index (κ3) is 2.15. The molecule has 22 heavy (non-hydrogen) atoms. The standard InChI is InChI=1S/C19H16O3/c1-3-16(20)14-8-4-6-12-10-11-13-7-5-9-15(19(21)22-2)18(13)17(12)14/h4-11H,3H2,1-2H3. The third-order valence-corrected chi connectivity index (χ3v) is 3.91. The zero-order valence-electron chi connectivity index (χ0n) is 12.6. The van der Waals surface area contributed by atoms with E-state index in [1.54, 1.807) is 6.07 Å². The lowest BCUT2D eigenvalue weighted by molar-refractivity contribution is 0.0603. The molecular weight excluding hydrogens is 276 g/mol. The van der Waals surface area contributed by atoms with Gasteiger partial charge in [-0.25, -0.2) is 4.79 Å². The first-order valence-corrected chi connectivity index (χ1v) is 7.23. The second kappa shape index (κ2) is 5.60. The summed E-state index contributed by atoms with van der Waals surface area (Å²) < 4.78 is 4.90. The third-order valence-electron chi connectivity index (χ3n) is 3.91. The van der Waals surface area contributed by atoms with Gasteiger partial charge in [0.1, 0.15) is 0 Å². The molecule has 0 aromatic heterocycles. The Balaban J connectivity index is 2.53. The van der Waals surface area contributed by atoms with E-state index in [0.717, 1.165) is 21.5 Å². The topological polar surface area (TPSA) is 43.4 Å². The minimum absolute atomic E-state index is 0.0674. The molecule has 110 valence electrons. The fraction of sp³-hybridized carbons (Fsp3) is 0.158. The van der Waals surface area contributed by atoms with Crippen molar-refractivity contribution >= 4 is 33.3 Å². The van der Waals surface area contributed by atoms with Crippen LogP contribution in [0.4, 0.5) is 0 Å². The molecule has 0 fully saturated rings. The normalized spacial score (nSPS) is 10.8. The lowest BCUT2D eigenvalue weighted by atomic mass is 9.92. The molecular formula is C19H16O3. The van der Waals surface area contributed by atoms with Gasteiger partial charge in [0.25, 0.3) is 0 Å². The minimum Gasteiger partial charge on any atom is -0.465 e. The Morgan fingerprint density at radius 3 is 1.95 bits per heavy atom. The Labute approximate surface area is 128 Å². The average Bonchev–Trinajstić information content (AvgIpc) is 2.58. The van der Waals surface area contributed by atoms with Crippen molar-refractivity contribution in [3.05, 3.63) is 59.7 Å².